The number of hydrogen-bond donors (Lipinski definition) is 1. The fourth-order valence-corrected chi connectivity index (χ4v) is 2.29. The third-order valence-electron chi connectivity index (χ3n) is 3.15. The summed E-state index contributed by atoms with van der Waals surface area (Å²) in [5.41, 5.74) is 7.13. The topological polar surface area (TPSA) is 46.3 Å². The molecular formula is C16H17FN2O. The van der Waals surface area contributed by atoms with Gasteiger partial charge in [0.05, 0.1) is 0 Å². The number of nitrogens with zero attached hydrogens (tertiary/aromatic N) is 1. The van der Waals surface area contributed by atoms with Crippen molar-refractivity contribution in [2.75, 3.05) is 7.05 Å². The molecule has 0 saturated carbocycles. The van der Waals surface area contributed by atoms with Crippen LogP contribution in [0.2, 0.25) is 0 Å². The van der Waals surface area contributed by atoms with Crippen molar-refractivity contribution in [3.63, 3.8) is 0 Å². The van der Waals surface area contributed by atoms with Crippen molar-refractivity contribution in [2.45, 2.75) is 12.6 Å². The van der Waals surface area contributed by atoms with Crippen molar-refractivity contribution in [3.8, 4) is 0 Å². The summed E-state index contributed by atoms with van der Waals surface area (Å²) >= 11 is 0. The Balaban J connectivity index is 2.20. The highest BCUT2D eigenvalue weighted by Crippen LogP contribution is 2.21. The molecule has 0 aromatic heterocycles. The predicted octanol–water partition coefficient (Wildman–Crippen LogP) is 2.48. The Bertz CT molecular complexity index is 586. The molecule has 1 amide bonds. The first-order valence-electron chi connectivity index (χ1n) is 6.37. The molecule has 3 nitrogen and oxygen atoms in total. The average molecular weight is 272 g/mol. The van der Waals surface area contributed by atoms with E-state index in [1.54, 1.807) is 13.1 Å². The fourth-order valence-electron chi connectivity index (χ4n) is 2.29. The summed E-state index contributed by atoms with van der Waals surface area (Å²) in [4.78, 5) is 13.5. The van der Waals surface area contributed by atoms with Crippen LogP contribution < -0.4 is 5.73 Å². The maximum Gasteiger partial charge on any atom is 0.239 e. The zero-order valence-electron chi connectivity index (χ0n) is 11.3. The molecule has 0 heterocycles. The molecule has 0 aliphatic rings. The Kier molecular flexibility index (Phi) is 4.48. The van der Waals surface area contributed by atoms with Crippen LogP contribution >= 0.6 is 0 Å². The van der Waals surface area contributed by atoms with Gasteiger partial charge in [-0.1, -0.05) is 42.5 Å². The highest BCUT2D eigenvalue weighted by Gasteiger charge is 2.22. The van der Waals surface area contributed by atoms with Gasteiger partial charge in [0.25, 0.3) is 0 Å². The molecule has 0 bridgehead atoms. The van der Waals surface area contributed by atoms with Crippen molar-refractivity contribution in [3.05, 3.63) is 71.5 Å². The number of carbonyl (C=O) groups is 1. The number of benzene rings is 2. The summed E-state index contributed by atoms with van der Waals surface area (Å²) in [6.45, 7) is 0.445. The summed E-state index contributed by atoms with van der Waals surface area (Å²) in [7, 11) is 1.80. The van der Waals surface area contributed by atoms with Crippen LogP contribution in [0.15, 0.2) is 54.6 Å². The number of hydrogen-bond acceptors (Lipinski definition) is 2. The molecule has 0 aliphatic heterocycles. The van der Waals surface area contributed by atoms with Crippen molar-refractivity contribution < 1.29 is 9.18 Å². The maximum atomic E-state index is 13.2. The lowest BCUT2D eigenvalue weighted by Crippen LogP contribution is -2.34. The van der Waals surface area contributed by atoms with Gasteiger partial charge >= 0.3 is 0 Å². The molecule has 0 fully saturated rings. The van der Waals surface area contributed by atoms with Gasteiger partial charge in [0.2, 0.25) is 5.91 Å². The van der Waals surface area contributed by atoms with Gasteiger partial charge in [-0.05, 0) is 30.3 Å². The van der Waals surface area contributed by atoms with Crippen LogP contribution in [0.4, 0.5) is 4.39 Å². The molecule has 0 saturated heterocycles. The molecule has 0 aliphatic carbocycles. The third kappa shape index (κ3) is 3.42. The van der Waals surface area contributed by atoms with Gasteiger partial charge in [0.15, 0.2) is 0 Å². The van der Waals surface area contributed by atoms with Crippen LogP contribution in [0.1, 0.15) is 17.2 Å². The SMILES string of the molecule is CN(Cc1cccc(F)c1)[C@@H](C(N)=O)c1ccccc1. The van der Waals surface area contributed by atoms with Crippen LogP contribution in [0.25, 0.3) is 0 Å². The molecule has 0 spiro atoms. The number of nitrogens with two attached hydrogens (primary N) is 1. The number of carbonyl (C=O) groups excluding carboxylic acids is 1. The average Bonchev–Trinajstić information content (AvgIpc) is 2.39. The fraction of sp³-hybridized carbons (Fsp3) is 0.188. The van der Waals surface area contributed by atoms with Crippen LogP contribution in [-0.4, -0.2) is 17.9 Å². The smallest absolute Gasteiger partial charge is 0.239 e. The van der Waals surface area contributed by atoms with E-state index in [-0.39, 0.29) is 5.82 Å². The predicted molar refractivity (Wildman–Crippen MR) is 76.2 cm³/mol. The third-order valence-corrected chi connectivity index (χ3v) is 3.15. The van der Waals surface area contributed by atoms with Crippen LogP contribution in [0.5, 0.6) is 0 Å². The minimum Gasteiger partial charge on any atom is -0.368 e. The summed E-state index contributed by atoms with van der Waals surface area (Å²) < 4.78 is 13.2. The molecule has 0 radical (unpaired) electrons. The number of amides is 1. The van der Waals surface area contributed by atoms with E-state index in [1.807, 2.05) is 41.3 Å². The minimum absolute atomic E-state index is 0.286. The van der Waals surface area contributed by atoms with Gasteiger partial charge in [0, 0.05) is 6.54 Å². The Morgan fingerprint density at radius 1 is 1.20 bits per heavy atom. The molecule has 4 heteroatoms. The van der Waals surface area contributed by atoms with Gasteiger partial charge in [-0.15, -0.1) is 0 Å². The van der Waals surface area contributed by atoms with Crippen LogP contribution in [0.3, 0.4) is 0 Å². The Labute approximate surface area is 117 Å². The van der Waals surface area contributed by atoms with Crippen molar-refractivity contribution >= 4 is 5.91 Å². The highest BCUT2D eigenvalue weighted by atomic mass is 19.1. The van der Waals surface area contributed by atoms with Crippen LogP contribution in [0, 0.1) is 5.82 Å². The molecular weight excluding hydrogens is 255 g/mol. The van der Waals surface area contributed by atoms with Gasteiger partial charge in [0.1, 0.15) is 11.9 Å². The Hall–Kier alpha value is -2.20. The monoisotopic (exact) mass is 272 g/mol. The van der Waals surface area contributed by atoms with E-state index < -0.39 is 11.9 Å². The van der Waals surface area contributed by atoms with E-state index in [2.05, 4.69) is 0 Å². The summed E-state index contributed by atoms with van der Waals surface area (Å²) in [6.07, 6.45) is 0. The molecule has 0 unspecified atom stereocenters. The number of likely N-dealkylation sites (N-methyl/N-ethyl adjacent to an activating group) is 1. The van der Waals surface area contributed by atoms with Crippen molar-refractivity contribution in [1.82, 2.24) is 4.90 Å². The van der Waals surface area contributed by atoms with Crippen molar-refractivity contribution in [1.29, 1.82) is 0 Å². The largest absolute Gasteiger partial charge is 0.368 e. The second-order valence-electron chi connectivity index (χ2n) is 4.76. The van der Waals surface area contributed by atoms with Gasteiger partial charge in [-0.2, -0.15) is 0 Å². The van der Waals surface area contributed by atoms with Gasteiger partial charge in [-0.3, -0.25) is 9.69 Å². The molecule has 1 atom stereocenters. The van der Waals surface area contributed by atoms with Gasteiger partial charge < -0.3 is 5.73 Å². The normalized spacial score (nSPS) is 12.3. The quantitative estimate of drug-likeness (QED) is 0.909. The molecule has 2 N–H and O–H groups in total. The number of primary amides is 1. The first kappa shape index (κ1) is 14.2. The minimum atomic E-state index is -0.528. The molecule has 20 heavy (non-hydrogen) atoms. The van der Waals surface area contributed by atoms with E-state index in [1.165, 1.54) is 12.1 Å². The van der Waals surface area contributed by atoms with Gasteiger partial charge in [-0.25, -0.2) is 4.39 Å². The lowest BCUT2D eigenvalue weighted by atomic mass is 10.0. The highest BCUT2D eigenvalue weighted by molar-refractivity contribution is 5.81. The van der Waals surface area contributed by atoms with Crippen LogP contribution in [-0.2, 0) is 11.3 Å². The molecule has 2 rings (SSSR count). The Morgan fingerprint density at radius 3 is 2.50 bits per heavy atom. The number of halogens is 1. The van der Waals surface area contributed by atoms with E-state index >= 15 is 0 Å². The molecule has 104 valence electrons. The Morgan fingerprint density at radius 2 is 1.90 bits per heavy atom. The summed E-state index contributed by atoms with van der Waals surface area (Å²) in [5.74, 6) is -0.707. The lowest BCUT2D eigenvalue weighted by molar-refractivity contribution is -0.123. The van der Waals surface area contributed by atoms with E-state index in [9.17, 15) is 9.18 Å². The summed E-state index contributed by atoms with van der Waals surface area (Å²) in [6, 6.07) is 15.1. The molecule has 2 aromatic rings. The lowest BCUT2D eigenvalue weighted by Gasteiger charge is -2.25. The standard InChI is InChI=1S/C16H17FN2O/c1-19(11-12-6-5-9-14(17)10-12)15(16(18)20)13-7-3-2-4-8-13/h2-10,15H,11H2,1H3,(H2,18,20)/t15-/m1/s1. The van der Waals surface area contributed by atoms with Crippen molar-refractivity contribution in [2.24, 2.45) is 5.73 Å². The van der Waals surface area contributed by atoms with E-state index in [0.717, 1.165) is 11.1 Å². The zero-order valence-corrected chi connectivity index (χ0v) is 11.3. The first-order valence-corrected chi connectivity index (χ1v) is 6.37. The van der Waals surface area contributed by atoms with E-state index in [0.29, 0.717) is 6.54 Å². The summed E-state index contributed by atoms with van der Waals surface area (Å²) in [5, 5.41) is 0. The maximum absolute atomic E-state index is 13.2. The first-order chi connectivity index (χ1) is 9.58. The number of rotatable bonds is 5. The second-order valence-corrected chi connectivity index (χ2v) is 4.76. The zero-order chi connectivity index (χ0) is 14.5. The van der Waals surface area contributed by atoms with E-state index in [4.69, 9.17) is 5.73 Å². The second kappa shape index (κ2) is 6.30. The molecule has 2 aromatic carbocycles.